The Labute approximate surface area is 173 Å². The van der Waals surface area contributed by atoms with Gasteiger partial charge in [-0.05, 0) is 67.8 Å². The lowest BCUT2D eigenvalue weighted by Gasteiger charge is -2.51. The maximum Gasteiger partial charge on any atom is 0.214 e. The van der Waals surface area contributed by atoms with Crippen LogP contribution in [0.15, 0.2) is 12.1 Å². The second kappa shape index (κ2) is 7.72. The monoisotopic (exact) mass is 421 g/mol. The average Bonchev–Trinajstić information content (AvgIpc) is 2.74. The lowest BCUT2D eigenvalue weighted by molar-refractivity contribution is 0.0217. The minimum absolute atomic E-state index is 0.0897. The number of ether oxygens (including phenoxy) is 2. The Bertz CT molecular complexity index is 875. The normalized spacial score (nSPS) is 29.6. The van der Waals surface area contributed by atoms with Gasteiger partial charge in [0.25, 0.3) is 0 Å². The Morgan fingerprint density at radius 3 is 2.72 bits per heavy atom. The average molecular weight is 422 g/mol. The van der Waals surface area contributed by atoms with Crippen LogP contribution in [0.1, 0.15) is 42.9 Å². The number of fused-ring (bicyclic) bond motifs is 5. The van der Waals surface area contributed by atoms with Crippen molar-refractivity contribution in [2.75, 3.05) is 45.1 Å². The zero-order valence-electron chi connectivity index (χ0n) is 16.9. The Morgan fingerprint density at radius 2 is 1.93 bits per heavy atom. The molecule has 0 unspecified atom stereocenters. The predicted octanol–water partition coefficient (Wildman–Crippen LogP) is 1.52. The Hall–Kier alpha value is -1.35. The van der Waals surface area contributed by atoms with E-state index in [4.69, 9.17) is 15.2 Å². The van der Waals surface area contributed by atoms with Gasteiger partial charge in [0.2, 0.25) is 10.0 Å². The van der Waals surface area contributed by atoms with E-state index in [0.29, 0.717) is 38.6 Å². The summed E-state index contributed by atoms with van der Waals surface area (Å²) in [6.07, 6.45) is 4.47. The van der Waals surface area contributed by atoms with Crippen LogP contribution in [0.2, 0.25) is 0 Å². The van der Waals surface area contributed by atoms with Crippen molar-refractivity contribution in [2.24, 2.45) is 11.7 Å². The number of nitrogens with zero attached hydrogens (tertiary/aromatic N) is 2. The molecule has 8 heteroatoms. The van der Waals surface area contributed by atoms with Crippen LogP contribution in [0.3, 0.4) is 0 Å². The van der Waals surface area contributed by atoms with Crippen molar-refractivity contribution in [2.45, 2.75) is 44.2 Å². The van der Waals surface area contributed by atoms with Crippen molar-refractivity contribution >= 4 is 10.0 Å². The summed E-state index contributed by atoms with van der Waals surface area (Å²) in [6.45, 7) is 4.25. The highest BCUT2D eigenvalue weighted by molar-refractivity contribution is 7.89. The van der Waals surface area contributed by atoms with E-state index in [1.165, 1.54) is 11.1 Å². The molecule has 0 amide bonds. The third-order valence-corrected chi connectivity index (χ3v) is 9.01. The minimum atomic E-state index is -3.26. The molecule has 5 rings (SSSR count). The van der Waals surface area contributed by atoms with E-state index in [-0.39, 0.29) is 17.8 Å². The van der Waals surface area contributed by atoms with Crippen molar-refractivity contribution in [1.82, 2.24) is 9.21 Å². The molecule has 160 valence electrons. The van der Waals surface area contributed by atoms with Gasteiger partial charge in [0, 0.05) is 31.7 Å². The lowest BCUT2D eigenvalue weighted by Crippen LogP contribution is -2.57. The first-order valence-electron chi connectivity index (χ1n) is 10.9. The highest BCUT2D eigenvalue weighted by Gasteiger charge is 2.46. The molecule has 3 atom stereocenters. The predicted molar refractivity (Wildman–Crippen MR) is 111 cm³/mol. The molecule has 0 radical (unpaired) electrons. The molecule has 0 aromatic heterocycles. The molecule has 4 aliphatic heterocycles. The number of benzene rings is 1. The molecule has 0 aliphatic carbocycles. The van der Waals surface area contributed by atoms with Gasteiger partial charge in [-0.3, -0.25) is 4.90 Å². The zero-order chi connectivity index (χ0) is 20.0. The smallest absolute Gasteiger partial charge is 0.214 e. The van der Waals surface area contributed by atoms with Crippen molar-refractivity contribution in [3.05, 3.63) is 23.3 Å². The molecule has 0 spiro atoms. The fraction of sp³-hybridized carbons (Fsp3) is 0.714. The fourth-order valence-electron chi connectivity index (χ4n) is 5.67. The molecule has 4 aliphatic rings. The van der Waals surface area contributed by atoms with Crippen LogP contribution in [0.5, 0.6) is 11.5 Å². The molecule has 2 fully saturated rings. The number of hydrogen-bond donors (Lipinski definition) is 1. The van der Waals surface area contributed by atoms with E-state index in [9.17, 15) is 8.42 Å². The maximum atomic E-state index is 13.0. The van der Waals surface area contributed by atoms with E-state index in [0.717, 1.165) is 50.3 Å². The highest BCUT2D eigenvalue weighted by Crippen LogP contribution is 2.46. The van der Waals surface area contributed by atoms with Gasteiger partial charge >= 0.3 is 0 Å². The van der Waals surface area contributed by atoms with Gasteiger partial charge in [-0.2, -0.15) is 4.31 Å². The summed E-state index contributed by atoms with van der Waals surface area (Å²) in [6, 6.07) is 4.63. The quantitative estimate of drug-likeness (QED) is 0.794. The van der Waals surface area contributed by atoms with Gasteiger partial charge in [-0.1, -0.05) is 0 Å². The van der Waals surface area contributed by atoms with Crippen molar-refractivity contribution in [3.8, 4) is 11.5 Å². The molecule has 29 heavy (non-hydrogen) atoms. The van der Waals surface area contributed by atoms with Crippen molar-refractivity contribution in [1.29, 1.82) is 0 Å². The molecular weight excluding hydrogens is 390 g/mol. The molecule has 2 N–H and O–H groups in total. The second-order valence-electron chi connectivity index (χ2n) is 8.73. The van der Waals surface area contributed by atoms with Crippen LogP contribution < -0.4 is 15.2 Å². The molecule has 2 saturated heterocycles. The lowest BCUT2D eigenvalue weighted by atomic mass is 9.77. The Morgan fingerprint density at radius 1 is 1.14 bits per heavy atom. The van der Waals surface area contributed by atoms with Crippen LogP contribution in [0.25, 0.3) is 0 Å². The third kappa shape index (κ3) is 3.54. The maximum absolute atomic E-state index is 13.0. The summed E-state index contributed by atoms with van der Waals surface area (Å²) in [5.41, 5.74) is 8.20. The molecule has 7 nitrogen and oxygen atoms in total. The number of nitrogens with two attached hydrogens (primary N) is 1. The fourth-order valence-corrected chi connectivity index (χ4v) is 7.51. The summed E-state index contributed by atoms with van der Waals surface area (Å²) >= 11 is 0. The van der Waals surface area contributed by atoms with Crippen LogP contribution in [0.4, 0.5) is 0 Å². The molecule has 0 bridgehead atoms. The van der Waals surface area contributed by atoms with Crippen molar-refractivity contribution in [3.63, 3.8) is 0 Å². The summed E-state index contributed by atoms with van der Waals surface area (Å²) in [5, 5.41) is 0. The molecular formula is C21H31N3O4S. The van der Waals surface area contributed by atoms with E-state index >= 15 is 0 Å². The van der Waals surface area contributed by atoms with E-state index in [2.05, 4.69) is 17.0 Å². The van der Waals surface area contributed by atoms with Crippen molar-refractivity contribution < 1.29 is 17.9 Å². The number of piperidine rings is 2. The van der Waals surface area contributed by atoms with Crippen LogP contribution in [0, 0.1) is 5.92 Å². The molecule has 1 aromatic rings. The first kappa shape index (κ1) is 19.6. The Balaban J connectivity index is 1.44. The van der Waals surface area contributed by atoms with Gasteiger partial charge in [0.1, 0.15) is 13.2 Å². The molecule has 1 aromatic carbocycles. The second-order valence-corrected chi connectivity index (χ2v) is 10.8. The summed E-state index contributed by atoms with van der Waals surface area (Å²) in [5.74, 6) is 2.26. The van der Waals surface area contributed by atoms with Gasteiger partial charge in [-0.15, -0.1) is 0 Å². The van der Waals surface area contributed by atoms with E-state index in [1.54, 1.807) is 0 Å². The summed E-state index contributed by atoms with van der Waals surface area (Å²) in [4.78, 5) is 2.57. The Kier molecular flexibility index (Phi) is 5.22. The van der Waals surface area contributed by atoms with Crippen LogP contribution in [-0.2, 0) is 16.4 Å². The van der Waals surface area contributed by atoms with Gasteiger partial charge in [0.05, 0.1) is 5.75 Å². The first-order chi connectivity index (χ1) is 14.1. The summed E-state index contributed by atoms with van der Waals surface area (Å²) < 4.78 is 39.5. The van der Waals surface area contributed by atoms with E-state index < -0.39 is 10.0 Å². The largest absolute Gasteiger partial charge is 0.486 e. The summed E-state index contributed by atoms with van der Waals surface area (Å²) in [7, 11) is -3.26. The van der Waals surface area contributed by atoms with Crippen LogP contribution in [-0.4, -0.2) is 68.8 Å². The number of rotatable bonds is 4. The van der Waals surface area contributed by atoms with Crippen LogP contribution >= 0.6 is 0 Å². The number of sulfonamides is 1. The molecule has 4 heterocycles. The van der Waals surface area contributed by atoms with Gasteiger partial charge in [-0.25, -0.2) is 8.42 Å². The molecule has 0 saturated carbocycles. The van der Waals surface area contributed by atoms with E-state index in [1.807, 2.05) is 4.31 Å². The minimum Gasteiger partial charge on any atom is -0.486 e. The first-order valence-corrected chi connectivity index (χ1v) is 12.5. The topological polar surface area (TPSA) is 85.1 Å². The van der Waals surface area contributed by atoms with Gasteiger partial charge < -0.3 is 15.2 Å². The number of hydrogen-bond acceptors (Lipinski definition) is 6. The SMILES string of the molecule is NCCCS(=O)(=O)N1CCC[C@@H]2CN3CCc4cc5c(cc4[C@@H]3C[C@@H]21)OCCO5. The standard InChI is InChI=1S/C21H31N3O4S/c22-5-2-10-29(25,26)24-6-1-3-16-14-23-7-4-15-11-20-21(28-9-8-27-20)12-17(15)19(23)13-18(16)24/h11-12,16,18-19H,1-10,13-14,22H2/t16-,18+,19+/m1/s1. The third-order valence-electron chi connectivity index (χ3n) is 7.04. The highest BCUT2D eigenvalue weighted by atomic mass is 32.2. The zero-order valence-corrected chi connectivity index (χ0v) is 17.7. The van der Waals surface area contributed by atoms with Gasteiger partial charge in [0.15, 0.2) is 11.5 Å².